The van der Waals surface area contributed by atoms with E-state index in [9.17, 15) is 4.79 Å². The van der Waals surface area contributed by atoms with Crippen LogP contribution in [0.25, 0.3) is 5.65 Å². The lowest BCUT2D eigenvalue weighted by molar-refractivity contribution is -0.0400. The molecule has 27 heavy (non-hydrogen) atoms. The molecular formula is C17H21N7O3. The van der Waals surface area contributed by atoms with E-state index >= 15 is 0 Å². The van der Waals surface area contributed by atoms with Gasteiger partial charge in [-0.3, -0.25) is 14.1 Å². The van der Waals surface area contributed by atoms with Crippen LogP contribution < -0.4 is 5.56 Å². The third kappa shape index (κ3) is 3.87. The van der Waals surface area contributed by atoms with Crippen molar-refractivity contribution in [2.75, 3.05) is 33.4 Å². The SMILES string of the molecule is COCCn1nnnc1[C@H]1CN(Cc2cc(=O)n3ccccc3n2)CCO1. The van der Waals surface area contributed by atoms with Gasteiger partial charge in [0.25, 0.3) is 5.56 Å². The van der Waals surface area contributed by atoms with Crippen LogP contribution in [0.3, 0.4) is 0 Å². The van der Waals surface area contributed by atoms with E-state index in [0.29, 0.717) is 44.3 Å². The molecule has 1 aliphatic rings. The average molecular weight is 371 g/mol. The first-order valence-electron chi connectivity index (χ1n) is 8.81. The van der Waals surface area contributed by atoms with Gasteiger partial charge < -0.3 is 9.47 Å². The number of rotatable bonds is 6. The monoisotopic (exact) mass is 371 g/mol. The fourth-order valence-corrected chi connectivity index (χ4v) is 3.19. The standard InChI is InChI=1S/C17H21N7O3/c1-26-8-7-24-17(19-20-21-24)14-12-22(6-9-27-14)11-13-10-16(25)23-5-3-2-4-15(23)18-13/h2-5,10,14H,6-9,11-12H2,1H3/t14-/m1/s1. The maximum absolute atomic E-state index is 12.3. The van der Waals surface area contributed by atoms with Crippen LogP contribution in [0.1, 0.15) is 17.6 Å². The van der Waals surface area contributed by atoms with Crippen LogP contribution in [0.4, 0.5) is 0 Å². The number of hydrogen-bond acceptors (Lipinski definition) is 8. The molecule has 1 aliphatic heterocycles. The van der Waals surface area contributed by atoms with Crippen molar-refractivity contribution in [3.63, 3.8) is 0 Å². The smallest absolute Gasteiger partial charge is 0.258 e. The van der Waals surface area contributed by atoms with Gasteiger partial charge in [0.1, 0.15) is 11.8 Å². The second-order valence-electron chi connectivity index (χ2n) is 6.36. The van der Waals surface area contributed by atoms with Gasteiger partial charge in [-0.25, -0.2) is 9.67 Å². The minimum absolute atomic E-state index is 0.0797. The summed E-state index contributed by atoms with van der Waals surface area (Å²) in [7, 11) is 1.64. The summed E-state index contributed by atoms with van der Waals surface area (Å²) in [4.78, 5) is 19.1. The molecule has 4 rings (SSSR count). The van der Waals surface area contributed by atoms with Gasteiger partial charge in [0.2, 0.25) is 0 Å². The summed E-state index contributed by atoms with van der Waals surface area (Å²) >= 11 is 0. The second kappa shape index (κ2) is 7.91. The topological polar surface area (TPSA) is 99.7 Å². The lowest BCUT2D eigenvalue weighted by Crippen LogP contribution is -2.39. The highest BCUT2D eigenvalue weighted by Crippen LogP contribution is 2.21. The fraction of sp³-hybridized carbons (Fsp3) is 0.471. The first kappa shape index (κ1) is 17.7. The minimum atomic E-state index is -0.229. The van der Waals surface area contributed by atoms with Crippen LogP contribution in [0.5, 0.6) is 0 Å². The summed E-state index contributed by atoms with van der Waals surface area (Å²) in [5.74, 6) is 0.684. The van der Waals surface area contributed by atoms with E-state index in [1.165, 1.54) is 4.40 Å². The van der Waals surface area contributed by atoms with Gasteiger partial charge in [-0.1, -0.05) is 6.07 Å². The molecule has 3 aromatic heterocycles. The Kier molecular flexibility index (Phi) is 5.19. The number of fused-ring (bicyclic) bond motifs is 1. The summed E-state index contributed by atoms with van der Waals surface area (Å²) in [6.45, 7) is 3.62. The number of pyridine rings is 1. The molecule has 0 radical (unpaired) electrons. The Hall–Kier alpha value is -2.69. The van der Waals surface area contributed by atoms with Crippen molar-refractivity contribution in [2.45, 2.75) is 19.2 Å². The van der Waals surface area contributed by atoms with Crippen LogP contribution in [-0.2, 0) is 22.6 Å². The highest BCUT2D eigenvalue weighted by molar-refractivity contribution is 5.37. The van der Waals surface area contributed by atoms with Crippen molar-refractivity contribution in [2.24, 2.45) is 0 Å². The normalized spacial score (nSPS) is 18.2. The van der Waals surface area contributed by atoms with E-state index in [0.717, 1.165) is 12.2 Å². The van der Waals surface area contributed by atoms with Gasteiger partial charge in [-0.05, 0) is 22.6 Å². The van der Waals surface area contributed by atoms with Crippen LogP contribution in [0.2, 0.25) is 0 Å². The molecule has 4 heterocycles. The van der Waals surface area contributed by atoms with Crippen molar-refractivity contribution >= 4 is 5.65 Å². The number of nitrogens with zero attached hydrogens (tertiary/aromatic N) is 7. The van der Waals surface area contributed by atoms with Gasteiger partial charge in [0.05, 0.1) is 25.5 Å². The van der Waals surface area contributed by atoms with Gasteiger partial charge in [0.15, 0.2) is 5.82 Å². The number of ether oxygens (including phenoxy) is 2. The van der Waals surface area contributed by atoms with E-state index in [-0.39, 0.29) is 11.7 Å². The number of morpholine rings is 1. The number of aromatic nitrogens is 6. The molecule has 0 N–H and O–H groups in total. The van der Waals surface area contributed by atoms with Gasteiger partial charge >= 0.3 is 0 Å². The lowest BCUT2D eigenvalue weighted by atomic mass is 10.2. The highest BCUT2D eigenvalue weighted by Gasteiger charge is 2.27. The molecule has 10 nitrogen and oxygen atoms in total. The molecule has 1 fully saturated rings. The molecule has 0 aromatic carbocycles. The van der Waals surface area contributed by atoms with E-state index in [2.05, 4.69) is 25.4 Å². The Morgan fingerprint density at radius 1 is 1.37 bits per heavy atom. The Morgan fingerprint density at radius 3 is 3.19 bits per heavy atom. The van der Waals surface area contributed by atoms with Crippen LogP contribution >= 0.6 is 0 Å². The highest BCUT2D eigenvalue weighted by atomic mass is 16.5. The second-order valence-corrected chi connectivity index (χ2v) is 6.36. The summed E-state index contributed by atoms with van der Waals surface area (Å²) < 4.78 is 14.2. The molecular weight excluding hydrogens is 350 g/mol. The Balaban J connectivity index is 1.49. The zero-order valence-electron chi connectivity index (χ0n) is 15.1. The van der Waals surface area contributed by atoms with Gasteiger partial charge in [-0.15, -0.1) is 5.10 Å². The molecule has 0 amide bonds. The van der Waals surface area contributed by atoms with E-state index in [1.807, 2.05) is 18.2 Å². The fourth-order valence-electron chi connectivity index (χ4n) is 3.19. The Bertz CT molecular complexity index is 970. The summed E-state index contributed by atoms with van der Waals surface area (Å²) in [5, 5.41) is 11.9. The summed E-state index contributed by atoms with van der Waals surface area (Å²) in [5.41, 5.74) is 1.31. The lowest BCUT2D eigenvalue weighted by Gasteiger charge is -2.31. The number of methoxy groups -OCH3 is 1. The molecule has 0 unspecified atom stereocenters. The van der Waals surface area contributed by atoms with Gasteiger partial charge in [-0.2, -0.15) is 0 Å². The zero-order chi connectivity index (χ0) is 18.6. The minimum Gasteiger partial charge on any atom is -0.383 e. The van der Waals surface area contributed by atoms with Crippen molar-refractivity contribution in [3.05, 3.63) is 52.3 Å². The molecule has 3 aromatic rings. The van der Waals surface area contributed by atoms with Crippen molar-refractivity contribution < 1.29 is 9.47 Å². The van der Waals surface area contributed by atoms with Gasteiger partial charge in [0, 0.05) is 39.0 Å². The van der Waals surface area contributed by atoms with Crippen LogP contribution in [0, 0.1) is 0 Å². The molecule has 0 aliphatic carbocycles. The maximum atomic E-state index is 12.3. The average Bonchev–Trinajstić information content (AvgIpc) is 3.15. The first-order valence-corrected chi connectivity index (χ1v) is 8.81. The molecule has 0 spiro atoms. The maximum Gasteiger partial charge on any atom is 0.258 e. The molecule has 142 valence electrons. The van der Waals surface area contributed by atoms with Crippen molar-refractivity contribution in [1.82, 2.24) is 34.5 Å². The van der Waals surface area contributed by atoms with E-state index < -0.39 is 0 Å². The number of hydrogen-bond donors (Lipinski definition) is 0. The first-order chi connectivity index (χ1) is 13.2. The van der Waals surface area contributed by atoms with Crippen molar-refractivity contribution in [1.29, 1.82) is 0 Å². The molecule has 1 atom stereocenters. The number of tetrazole rings is 1. The summed E-state index contributed by atoms with van der Waals surface area (Å²) in [6, 6.07) is 7.10. The third-order valence-corrected chi connectivity index (χ3v) is 4.52. The quantitative estimate of drug-likeness (QED) is 0.592. The Morgan fingerprint density at radius 2 is 2.30 bits per heavy atom. The van der Waals surface area contributed by atoms with E-state index in [4.69, 9.17) is 9.47 Å². The molecule has 0 bridgehead atoms. The predicted molar refractivity (Wildman–Crippen MR) is 95.1 cm³/mol. The largest absolute Gasteiger partial charge is 0.383 e. The third-order valence-electron chi connectivity index (χ3n) is 4.52. The molecule has 1 saturated heterocycles. The summed E-state index contributed by atoms with van der Waals surface area (Å²) in [6.07, 6.45) is 1.49. The van der Waals surface area contributed by atoms with E-state index in [1.54, 1.807) is 24.1 Å². The van der Waals surface area contributed by atoms with Crippen LogP contribution in [0.15, 0.2) is 35.3 Å². The van der Waals surface area contributed by atoms with Crippen LogP contribution in [-0.4, -0.2) is 67.9 Å². The molecule has 0 saturated carbocycles. The predicted octanol–water partition coefficient (Wildman–Crippen LogP) is -0.0991. The zero-order valence-corrected chi connectivity index (χ0v) is 15.1. The van der Waals surface area contributed by atoms with Crippen molar-refractivity contribution in [3.8, 4) is 0 Å². The Labute approximate surface area is 155 Å². The molecule has 10 heteroatoms.